The zero-order chi connectivity index (χ0) is 39.0. The van der Waals surface area contributed by atoms with Crippen molar-refractivity contribution in [3.05, 3.63) is 140 Å². The lowest BCUT2D eigenvalue weighted by atomic mass is 9.98. The number of para-hydroxylation sites is 2. The first-order valence-corrected chi connectivity index (χ1v) is 19.3. The first-order valence-electron chi connectivity index (χ1n) is 17.7. The second-order valence-electron chi connectivity index (χ2n) is 12.5. The predicted molar refractivity (Wildman–Crippen MR) is 222 cm³/mol. The molecule has 0 saturated heterocycles. The number of aliphatic imine (C=N–C) groups is 4. The predicted octanol–water partition coefficient (Wildman–Crippen LogP) is 7.82. The molecule has 5 aliphatic rings. The molecule has 0 aromatic heterocycles. The average Bonchev–Trinajstić information content (AvgIpc) is 4.04. The van der Waals surface area contributed by atoms with Crippen LogP contribution in [0.5, 0.6) is 11.5 Å². The maximum absolute atomic E-state index is 10.8. The largest absolute Gasteiger partial charge is 0.493 e. The molecule has 56 heavy (non-hydrogen) atoms. The molecule has 2 aromatic carbocycles. The highest BCUT2D eigenvalue weighted by atomic mass is 79.9. The van der Waals surface area contributed by atoms with E-state index in [1.807, 2.05) is 97.1 Å². The summed E-state index contributed by atoms with van der Waals surface area (Å²) in [6.45, 7) is 0.426. The van der Waals surface area contributed by atoms with Gasteiger partial charge in [0.15, 0.2) is 0 Å². The minimum atomic E-state index is -1.01. The molecule has 2 aromatic rings. The van der Waals surface area contributed by atoms with Gasteiger partial charge in [0.05, 0.1) is 81.0 Å². The monoisotopic (exact) mass is 880 g/mol. The number of nitrogens with zero attached hydrogens (tertiary/aromatic N) is 4. The molecule has 0 saturated carbocycles. The van der Waals surface area contributed by atoms with Crippen LogP contribution in [0.1, 0.15) is 24.0 Å². The normalized spacial score (nSPS) is 16.9. The zero-order valence-electron chi connectivity index (χ0n) is 29.8. The number of allylic oxidation sites excluding steroid dienone is 12. The lowest BCUT2D eigenvalue weighted by molar-refractivity contribution is -0.143. The topological polar surface area (TPSA) is 161 Å². The van der Waals surface area contributed by atoms with E-state index in [4.69, 9.17) is 49.1 Å². The summed E-state index contributed by atoms with van der Waals surface area (Å²) >= 11 is 7.60. The van der Waals surface area contributed by atoms with Gasteiger partial charge in [-0.25, -0.2) is 29.6 Å². The van der Waals surface area contributed by atoms with Crippen molar-refractivity contribution in [3.63, 3.8) is 0 Å². The van der Waals surface area contributed by atoms with Crippen LogP contribution < -0.4 is 9.47 Å². The highest BCUT2D eigenvalue weighted by Crippen LogP contribution is 2.39. The number of aliphatic carboxylic acids is 2. The Morgan fingerprint density at radius 3 is 1.30 bits per heavy atom. The highest BCUT2D eigenvalue weighted by molar-refractivity contribution is 9.12. The third kappa shape index (κ3) is 8.95. The van der Waals surface area contributed by atoms with Crippen LogP contribution in [0.25, 0.3) is 11.1 Å². The van der Waals surface area contributed by atoms with Crippen LogP contribution >= 0.6 is 31.9 Å². The summed E-state index contributed by atoms with van der Waals surface area (Å²) in [4.78, 5) is 41.9. The summed E-state index contributed by atoms with van der Waals surface area (Å²) in [5.41, 5.74) is 8.51. The minimum Gasteiger partial charge on any atom is -0.493 e. The third-order valence-electron chi connectivity index (χ3n) is 8.63. The molecule has 0 atom stereocenters. The molecule has 7 rings (SSSR count). The zero-order valence-corrected chi connectivity index (χ0v) is 33.0. The van der Waals surface area contributed by atoms with Crippen molar-refractivity contribution in [1.82, 2.24) is 0 Å². The van der Waals surface area contributed by atoms with E-state index in [0.29, 0.717) is 92.2 Å². The second-order valence-corrected chi connectivity index (χ2v) is 14.1. The Hall–Kier alpha value is -5.54. The van der Waals surface area contributed by atoms with Gasteiger partial charge < -0.3 is 29.2 Å². The maximum Gasteiger partial charge on any atom is 0.329 e. The molecule has 0 fully saturated rings. The lowest BCUT2D eigenvalue weighted by Crippen LogP contribution is -2.10. The molecule has 284 valence electrons. The summed E-state index contributed by atoms with van der Waals surface area (Å²) in [5.74, 6) is -0.781. The molecule has 8 bridgehead atoms. The van der Waals surface area contributed by atoms with E-state index in [1.165, 1.54) is 0 Å². The van der Waals surface area contributed by atoms with Gasteiger partial charge in [-0.3, -0.25) is 0 Å². The van der Waals surface area contributed by atoms with Crippen LogP contribution in [-0.4, -0.2) is 84.6 Å². The van der Waals surface area contributed by atoms with Gasteiger partial charge in [-0.15, -0.1) is 0 Å². The van der Waals surface area contributed by atoms with E-state index < -0.39 is 11.9 Å². The van der Waals surface area contributed by atoms with Crippen molar-refractivity contribution >= 4 is 77.8 Å². The molecule has 0 spiro atoms. The minimum absolute atomic E-state index is 0.252. The van der Waals surface area contributed by atoms with Gasteiger partial charge in [0.25, 0.3) is 0 Å². The first-order chi connectivity index (χ1) is 27.3. The smallest absolute Gasteiger partial charge is 0.329 e. The van der Waals surface area contributed by atoms with Crippen LogP contribution in [0, 0.1) is 0 Å². The van der Waals surface area contributed by atoms with Crippen LogP contribution in [0.3, 0.4) is 0 Å². The second kappa shape index (κ2) is 17.9. The van der Waals surface area contributed by atoms with E-state index in [2.05, 4.69) is 31.9 Å². The van der Waals surface area contributed by atoms with Crippen molar-refractivity contribution in [2.45, 2.75) is 12.8 Å². The Balaban J connectivity index is 1.27. The van der Waals surface area contributed by atoms with Crippen LogP contribution in [0.2, 0.25) is 0 Å². The van der Waals surface area contributed by atoms with E-state index in [1.54, 1.807) is 0 Å². The van der Waals surface area contributed by atoms with Crippen molar-refractivity contribution in [1.29, 1.82) is 0 Å². The average molecular weight is 883 g/mol. The number of hydrogen-bond donors (Lipinski definition) is 2. The molecule has 2 N–H and O–H groups in total. The van der Waals surface area contributed by atoms with Gasteiger partial charge in [-0.2, -0.15) is 0 Å². The lowest BCUT2D eigenvalue weighted by Gasteiger charge is -2.15. The molecule has 5 aliphatic heterocycles. The van der Waals surface area contributed by atoms with Gasteiger partial charge in [0.1, 0.15) is 24.7 Å². The number of rotatable bonds is 16. The van der Waals surface area contributed by atoms with Gasteiger partial charge in [0, 0.05) is 35.1 Å². The fourth-order valence-corrected chi connectivity index (χ4v) is 7.06. The molecule has 0 unspecified atom stereocenters. The molecular formula is C42H34Br2N4O8. The number of carbonyl (C=O) groups is 2. The van der Waals surface area contributed by atoms with E-state index in [9.17, 15) is 9.59 Å². The fourth-order valence-electron chi connectivity index (χ4n) is 6.17. The molecule has 12 nitrogen and oxygen atoms in total. The van der Waals surface area contributed by atoms with Crippen LogP contribution in [-0.2, 0) is 19.1 Å². The summed E-state index contributed by atoms with van der Waals surface area (Å²) in [6.07, 6.45) is 16.5. The number of ether oxygens (including phenoxy) is 4. The number of carboxylic acids is 2. The van der Waals surface area contributed by atoms with E-state index >= 15 is 0 Å². The van der Waals surface area contributed by atoms with Crippen LogP contribution in [0.4, 0.5) is 0 Å². The summed E-state index contributed by atoms with van der Waals surface area (Å²) in [5, 5.41) is 17.7. The molecule has 0 amide bonds. The van der Waals surface area contributed by atoms with Gasteiger partial charge in [-0.05, 0) is 92.6 Å². The standard InChI is InChI=1S/C42H34Br2N4O8/c43-41-31-15-11-27(45-31)39(25-7-1-3-9-35(25)55-21-5-19-53-23-37(49)50)28-12-16-32(46-28)42(44)34-18-14-30(48-34)40(29-13-17-33(41)47-29)26-8-2-4-10-36(26)56-22-6-20-54-24-38(51)52/h1-4,7-18H,5-6,19-24H2,(H,49,50)(H,51,52). The van der Waals surface area contributed by atoms with Crippen molar-refractivity contribution < 1.29 is 38.7 Å². The Bertz CT molecular complexity index is 2190. The van der Waals surface area contributed by atoms with Crippen molar-refractivity contribution in [3.8, 4) is 11.5 Å². The SMILES string of the molecule is O=C(O)COCCCOc1ccccc1C1=C2C=CC(=N2)C(Br)=C2C=CC(=N2)C(c2ccccc2OCCCOCC(=O)O)=C2C=CC(=N2)C(Br)=C2C=CC1=N2. The summed E-state index contributed by atoms with van der Waals surface area (Å²) in [6, 6.07) is 15.4. The van der Waals surface area contributed by atoms with Gasteiger partial charge in [-0.1, -0.05) is 36.4 Å². The van der Waals surface area contributed by atoms with Crippen molar-refractivity contribution in [2.75, 3.05) is 39.6 Å². The van der Waals surface area contributed by atoms with Gasteiger partial charge >= 0.3 is 11.9 Å². The number of fused-ring (bicyclic) bond motifs is 4. The Morgan fingerprint density at radius 1 is 0.500 bits per heavy atom. The first kappa shape index (κ1) is 38.7. The molecule has 0 aliphatic carbocycles. The Labute approximate surface area is 339 Å². The van der Waals surface area contributed by atoms with Crippen molar-refractivity contribution in [2.24, 2.45) is 20.0 Å². The van der Waals surface area contributed by atoms with E-state index in [-0.39, 0.29) is 26.4 Å². The Kier molecular flexibility index (Phi) is 12.4. The molecule has 0 radical (unpaired) electrons. The maximum atomic E-state index is 10.8. The molecular weight excluding hydrogens is 848 g/mol. The number of hydrogen-bond acceptors (Lipinski definition) is 10. The number of carboxylic acid groups (broad SMARTS) is 2. The fraction of sp³-hybridized carbons (Fsp3) is 0.190. The van der Waals surface area contributed by atoms with Crippen LogP contribution in [0.15, 0.2) is 149 Å². The quantitative estimate of drug-likeness (QED) is 0.162. The highest BCUT2D eigenvalue weighted by Gasteiger charge is 2.27. The summed E-state index contributed by atoms with van der Waals surface area (Å²) in [7, 11) is 0. The molecule has 5 heterocycles. The number of halogens is 2. The number of benzene rings is 2. The summed E-state index contributed by atoms with van der Waals surface area (Å²) < 4.78 is 24.2. The van der Waals surface area contributed by atoms with E-state index in [0.717, 1.165) is 22.3 Å². The van der Waals surface area contributed by atoms with Gasteiger partial charge in [0.2, 0.25) is 0 Å². The molecule has 14 heteroatoms. The Morgan fingerprint density at radius 2 is 0.875 bits per heavy atom. The third-order valence-corrected chi connectivity index (χ3v) is 10.3.